The second-order valence-electron chi connectivity index (χ2n) is 7.05. The van der Waals surface area contributed by atoms with Gasteiger partial charge in [0.15, 0.2) is 0 Å². The molecule has 5 heteroatoms. The van der Waals surface area contributed by atoms with E-state index in [4.69, 9.17) is 4.74 Å². The zero-order chi connectivity index (χ0) is 17.1. The summed E-state index contributed by atoms with van der Waals surface area (Å²) < 4.78 is 5.31. The first-order valence-electron chi connectivity index (χ1n) is 8.95. The number of hydrogen-bond donors (Lipinski definition) is 2. The second kappa shape index (κ2) is 7.53. The molecule has 0 radical (unpaired) electrons. The van der Waals surface area contributed by atoms with Crippen molar-refractivity contribution in [3.05, 3.63) is 29.8 Å². The van der Waals surface area contributed by atoms with Crippen LogP contribution in [0.3, 0.4) is 0 Å². The summed E-state index contributed by atoms with van der Waals surface area (Å²) >= 11 is 0. The second-order valence-corrected chi connectivity index (χ2v) is 7.05. The molecule has 3 rings (SSSR count). The van der Waals surface area contributed by atoms with E-state index in [1.807, 2.05) is 12.1 Å². The Morgan fingerprint density at radius 2 is 2.00 bits per heavy atom. The Hall–Kier alpha value is -1.59. The Labute approximate surface area is 144 Å². The van der Waals surface area contributed by atoms with E-state index in [9.17, 15) is 9.90 Å². The van der Waals surface area contributed by atoms with Crippen LogP contribution in [0.4, 0.5) is 0 Å². The van der Waals surface area contributed by atoms with Gasteiger partial charge in [0.1, 0.15) is 11.9 Å². The van der Waals surface area contributed by atoms with Crippen molar-refractivity contribution < 1.29 is 14.6 Å². The van der Waals surface area contributed by atoms with Crippen LogP contribution in [0.5, 0.6) is 5.75 Å². The standard InChI is InChI=1S/C19H28N2O3/c1-13(15-4-3-5-17(12-15)24-2)21-10-8-14(9-11-21)18(22)19(23)20-16-6-7-16/h3-5,12-14,16,18,22H,6-11H2,1-2H3,(H,20,23)/t13-,18+/m1/s1. The first-order chi connectivity index (χ1) is 11.6. The molecule has 1 saturated carbocycles. The van der Waals surface area contributed by atoms with Gasteiger partial charge in [-0.3, -0.25) is 9.69 Å². The largest absolute Gasteiger partial charge is 0.497 e. The van der Waals surface area contributed by atoms with E-state index in [1.54, 1.807) is 7.11 Å². The maximum Gasteiger partial charge on any atom is 0.249 e. The predicted octanol–water partition coefficient (Wildman–Crippen LogP) is 2.11. The highest BCUT2D eigenvalue weighted by Gasteiger charge is 2.33. The summed E-state index contributed by atoms with van der Waals surface area (Å²) in [6.07, 6.45) is 2.95. The van der Waals surface area contributed by atoms with Gasteiger partial charge in [-0.1, -0.05) is 12.1 Å². The lowest BCUT2D eigenvalue weighted by molar-refractivity contribution is -0.133. The number of ether oxygens (including phenoxy) is 1. The number of piperidine rings is 1. The number of rotatable bonds is 6. The van der Waals surface area contributed by atoms with Gasteiger partial charge in [-0.05, 0) is 69.3 Å². The van der Waals surface area contributed by atoms with Crippen LogP contribution in [0.15, 0.2) is 24.3 Å². The summed E-state index contributed by atoms with van der Waals surface area (Å²) in [5, 5.41) is 13.2. The van der Waals surface area contributed by atoms with E-state index >= 15 is 0 Å². The van der Waals surface area contributed by atoms with Crippen molar-refractivity contribution in [2.24, 2.45) is 5.92 Å². The molecule has 2 N–H and O–H groups in total. The van der Waals surface area contributed by atoms with Gasteiger partial charge in [0.05, 0.1) is 7.11 Å². The molecule has 1 aliphatic carbocycles. The molecule has 2 atom stereocenters. The lowest BCUT2D eigenvalue weighted by Gasteiger charge is -2.37. The fraction of sp³-hybridized carbons (Fsp3) is 0.632. The van der Waals surface area contributed by atoms with Crippen molar-refractivity contribution in [1.29, 1.82) is 0 Å². The highest BCUT2D eigenvalue weighted by Crippen LogP contribution is 2.30. The molecule has 2 fully saturated rings. The van der Waals surface area contributed by atoms with Crippen LogP contribution in [-0.2, 0) is 4.79 Å². The minimum absolute atomic E-state index is 0.0671. The molecule has 0 spiro atoms. The Kier molecular flexibility index (Phi) is 5.41. The van der Waals surface area contributed by atoms with Gasteiger partial charge in [0, 0.05) is 12.1 Å². The quantitative estimate of drug-likeness (QED) is 0.837. The van der Waals surface area contributed by atoms with E-state index in [0.717, 1.165) is 44.5 Å². The molecule has 1 aromatic rings. The van der Waals surface area contributed by atoms with Crippen LogP contribution in [0.1, 0.15) is 44.2 Å². The van der Waals surface area contributed by atoms with Gasteiger partial charge >= 0.3 is 0 Å². The maximum atomic E-state index is 12.0. The third kappa shape index (κ3) is 4.08. The van der Waals surface area contributed by atoms with Crippen LogP contribution in [0.2, 0.25) is 0 Å². The van der Waals surface area contributed by atoms with Gasteiger partial charge in [0.2, 0.25) is 5.91 Å². The molecule has 0 unspecified atom stereocenters. The van der Waals surface area contributed by atoms with Crippen LogP contribution in [-0.4, -0.2) is 48.3 Å². The van der Waals surface area contributed by atoms with E-state index in [1.165, 1.54) is 5.56 Å². The Bertz CT molecular complexity index is 565. The van der Waals surface area contributed by atoms with Gasteiger partial charge < -0.3 is 15.2 Å². The molecule has 132 valence electrons. The van der Waals surface area contributed by atoms with E-state index in [-0.39, 0.29) is 11.8 Å². The van der Waals surface area contributed by atoms with Gasteiger partial charge in [0.25, 0.3) is 0 Å². The average Bonchev–Trinajstić information content (AvgIpc) is 3.44. The van der Waals surface area contributed by atoms with E-state index < -0.39 is 6.10 Å². The number of aliphatic hydroxyl groups is 1. The summed E-state index contributed by atoms with van der Waals surface area (Å²) in [6.45, 7) is 4.00. The summed E-state index contributed by atoms with van der Waals surface area (Å²) in [4.78, 5) is 14.4. The molecule has 24 heavy (non-hydrogen) atoms. The molecule has 0 bridgehead atoms. The number of nitrogens with zero attached hydrogens (tertiary/aromatic N) is 1. The van der Waals surface area contributed by atoms with Crippen LogP contribution in [0.25, 0.3) is 0 Å². The molecule has 1 aliphatic heterocycles. The fourth-order valence-corrected chi connectivity index (χ4v) is 3.46. The van der Waals surface area contributed by atoms with Crippen molar-refractivity contribution in [3.8, 4) is 5.75 Å². The number of amides is 1. The van der Waals surface area contributed by atoms with E-state index in [0.29, 0.717) is 12.1 Å². The molecular weight excluding hydrogens is 304 g/mol. The van der Waals surface area contributed by atoms with Crippen molar-refractivity contribution in [1.82, 2.24) is 10.2 Å². The molecule has 0 aromatic heterocycles. The van der Waals surface area contributed by atoms with Crippen LogP contribution in [0, 0.1) is 5.92 Å². The number of hydrogen-bond acceptors (Lipinski definition) is 4. The smallest absolute Gasteiger partial charge is 0.249 e. The average molecular weight is 332 g/mol. The van der Waals surface area contributed by atoms with Gasteiger partial charge in [-0.15, -0.1) is 0 Å². The predicted molar refractivity (Wildman–Crippen MR) is 92.9 cm³/mol. The van der Waals surface area contributed by atoms with Crippen molar-refractivity contribution in [3.63, 3.8) is 0 Å². The SMILES string of the molecule is COc1cccc([C@@H](C)N2CCC([C@H](O)C(=O)NC3CC3)CC2)c1. The first-order valence-corrected chi connectivity index (χ1v) is 8.95. The summed E-state index contributed by atoms with van der Waals surface area (Å²) in [6, 6.07) is 8.78. The highest BCUT2D eigenvalue weighted by molar-refractivity contribution is 5.81. The Balaban J connectivity index is 1.52. The lowest BCUT2D eigenvalue weighted by Crippen LogP contribution is -2.45. The maximum absolute atomic E-state index is 12.0. The number of carbonyl (C=O) groups excluding carboxylic acids is 1. The number of aliphatic hydroxyl groups excluding tert-OH is 1. The third-order valence-corrected chi connectivity index (χ3v) is 5.34. The van der Waals surface area contributed by atoms with E-state index in [2.05, 4.69) is 29.3 Å². The Morgan fingerprint density at radius 3 is 2.62 bits per heavy atom. The fourth-order valence-electron chi connectivity index (χ4n) is 3.46. The zero-order valence-electron chi connectivity index (χ0n) is 14.6. The topological polar surface area (TPSA) is 61.8 Å². The number of nitrogens with one attached hydrogen (secondary N) is 1. The molecule has 1 aromatic carbocycles. The molecule has 1 amide bonds. The highest BCUT2D eigenvalue weighted by atomic mass is 16.5. The lowest BCUT2D eigenvalue weighted by atomic mass is 9.89. The van der Waals surface area contributed by atoms with Crippen molar-refractivity contribution in [2.45, 2.75) is 50.8 Å². The van der Waals surface area contributed by atoms with Gasteiger partial charge in [-0.25, -0.2) is 0 Å². The van der Waals surface area contributed by atoms with Crippen LogP contribution >= 0.6 is 0 Å². The van der Waals surface area contributed by atoms with Crippen LogP contribution < -0.4 is 10.1 Å². The molecule has 5 nitrogen and oxygen atoms in total. The normalized spacial score (nSPS) is 22.0. The molecule has 1 heterocycles. The van der Waals surface area contributed by atoms with Crippen molar-refractivity contribution >= 4 is 5.91 Å². The Morgan fingerprint density at radius 1 is 1.29 bits per heavy atom. The number of benzene rings is 1. The first kappa shape index (κ1) is 17.2. The summed E-state index contributed by atoms with van der Waals surface area (Å²) in [5.74, 6) is 0.760. The summed E-state index contributed by atoms with van der Waals surface area (Å²) in [7, 11) is 1.68. The number of likely N-dealkylation sites (tertiary alicyclic amines) is 1. The number of carbonyl (C=O) groups is 1. The summed E-state index contributed by atoms with van der Waals surface area (Å²) in [5.41, 5.74) is 1.24. The van der Waals surface area contributed by atoms with Crippen molar-refractivity contribution in [2.75, 3.05) is 20.2 Å². The molecule has 1 saturated heterocycles. The van der Waals surface area contributed by atoms with Gasteiger partial charge in [-0.2, -0.15) is 0 Å². The monoisotopic (exact) mass is 332 g/mol. The minimum atomic E-state index is -0.861. The third-order valence-electron chi connectivity index (χ3n) is 5.34. The number of methoxy groups -OCH3 is 1. The zero-order valence-corrected chi connectivity index (χ0v) is 14.6. The minimum Gasteiger partial charge on any atom is -0.497 e. The molecular formula is C19H28N2O3. The molecule has 2 aliphatic rings.